The number of anilines is 1. The third-order valence-corrected chi connectivity index (χ3v) is 4.42. The summed E-state index contributed by atoms with van der Waals surface area (Å²) in [5.74, 6) is -0.201. The molecule has 3 aromatic rings. The van der Waals surface area contributed by atoms with Crippen molar-refractivity contribution in [1.29, 1.82) is 0 Å². The molecule has 1 heterocycles. The first kappa shape index (κ1) is 21.8. The Morgan fingerprint density at radius 2 is 1.90 bits per heavy atom. The number of ether oxygens (including phenoxy) is 1. The lowest BCUT2D eigenvalue weighted by atomic mass is 10.1. The van der Waals surface area contributed by atoms with Gasteiger partial charge >= 0.3 is 6.18 Å². The number of benzene rings is 2. The molecule has 0 fully saturated rings. The van der Waals surface area contributed by atoms with Crippen LogP contribution >= 0.6 is 11.6 Å². The highest BCUT2D eigenvalue weighted by Crippen LogP contribution is 2.30. The summed E-state index contributed by atoms with van der Waals surface area (Å²) in [5, 5.41) is 6.99. The zero-order valence-corrected chi connectivity index (χ0v) is 16.3. The fourth-order valence-corrected chi connectivity index (χ4v) is 2.95. The van der Waals surface area contributed by atoms with E-state index in [-0.39, 0.29) is 17.4 Å². The minimum Gasteiger partial charge on any atom is -0.364 e. The highest BCUT2D eigenvalue weighted by molar-refractivity contribution is 6.31. The van der Waals surface area contributed by atoms with Crippen LogP contribution in [-0.4, -0.2) is 28.5 Å². The van der Waals surface area contributed by atoms with Gasteiger partial charge in [0.05, 0.1) is 18.0 Å². The molecule has 1 N–H and O–H groups in total. The average molecular weight is 442 g/mol. The Bertz CT molecular complexity index is 1040. The highest BCUT2D eigenvalue weighted by atomic mass is 35.5. The number of carbonyl (C=O) groups excluding carboxylic acids is 1. The lowest BCUT2D eigenvalue weighted by Gasteiger charge is -2.17. The Balaban J connectivity index is 1.99. The van der Waals surface area contributed by atoms with Gasteiger partial charge in [-0.1, -0.05) is 11.6 Å². The third kappa shape index (κ3) is 5.17. The van der Waals surface area contributed by atoms with Crippen LogP contribution in [0.4, 0.5) is 23.4 Å². The standard InChI is InChI=1S/C20H16ClF4N3O2/c1-12(20(23,24)25)30-10-13-6-14(8-15(21)7-13)18-9-19(26-11-29)27-28(18)17-4-2-16(22)3-5-17/h2-9,11-12H,10H2,1H3,(H,26,27,29)/t12-/m1/s1. The van der Waals surface area contributed by atoms with Gasteiger partial charge in [-0.3, -0.25) is 4.79 Å². The largest absolute Gasteiger partial charge is 0.414 e. The van der Waals surface area contributed by atoms with Crippen molar-refractivity contribution in [3.63, 3.8) is 0 Å². The van der Waals surface area contributed by atoms with Crippen molar-refractivity contribution < 1.29 is 27.1 Å². The number of carbonyl (C=O) groups is 1. The quantitative estimate of drug-likeness (QED) is 0.396. The maximum absolute atomic E-state index is 13.3. The van der Waals surface area contributed by atoms with Gasteiger partial charge in [0, 0.05) is 16.7 Å². The molecule has 10 heteroatoms. The number of halogens is 5. The molecule has 1 amide bonds. The van der Waals surface area contributed by atoms with Crippen molar-refractivity contribution in [2.45, 2.75) is 25.8 Å². The first-order valence-electron chi connectivity index (χ1n) is 8.71. The first-order chi connectivity index (χ1) is 14.2. The minimum atomic E-state index is -4.47. The zero-order chi connectivity index (χ0) is 21.9. The van der Waals surface area contributed by atoms with E-state index in [4.69, 9.17) is 16.3 Å². The molecule has 0 spiro atoms. The predicted octanol–water partition coefficient (Wildman–Crippen LogP) is 5.37. The second kappa shape index (κ2) is 8.85. The molecule has 0 radical (unpaired) electrons. The van der Waals surface area contributed by atoms with Crippen molar-refractivity contribution in [3.8, 4) is 16.9 Å². The lowest BCUT2D eigenvalue weighted by molar-refractivity contribution is -0.217. The van der Waals surface area contributed by atoms with Crippen LogP contribution in [0.2, 0.25) is 5.02 Å². The van der Waals surface area contributed by atoms with Crippen LogP contribution in [0.3, 0.4) is 0 Å². The molecule has 1 aromatic heterocycles. The van der Waals surface area contributed by atoms with E-state index in [0.717, 1.165) is 6.92 Å². The van der Waals surface area contributed by atoms with Gasteiger partial charge in [-0.2, -0.15) is 13.2 Å². The maximum Gasteiger partial charge on any atom is 0.414 e. The predicted molar refractivity (Wildman–Crippen MR) is 104 cm³/mol. The maximum atomic E-state index is 13.3. The second-order valence-corrected chi connectivity index (χ2v) is 6.84. The van der Waals surface area contributed by atoms with Gasteiger partial charge in [-0.05, 0) is 55.0 Å². The number of nitrogens with zero attached hydrogens (tertiary/aromatic N) is 2. The van der Waals surface area contributed by atoms with Crippen LogP contribution in [-0.2, 0) is 16.1 Å². The van der Waals surface area contributed by atoms with Gasteiger partial charge in [0.2, 0.25) is 6.41 Å². The SMILES string of the molecule is C[C@@H](OCc1cc(Cl)cc(-c2cc(NC=O)nn2-c2ccc(F)cc2)c1)C(F)(F)F. The monoisotopic (exact) mass is 441 g/mol. The highest BCUT2D eigenvalue weighted by Gasteiger charge is 2.36. The molecule has 0 saturated heterocycles. The molecular formula is C20H16ClF4N3O2. The van der Waals surface area contributed by atoms with E-state index in [1.807, 2.05) is 0 Å². The van der Waals surface area contributed by atoms with Gasteiger partial charge in [0.1, 0.15) is 5.82 Å². The van der Waals surface area contributed by atoms with E-state index >= 15 is 0 Å². The normalized spacial score (nSPS) is 12.6. The summed E-state index contributed by atoms with van der Waals surface area (Å²) in [6, 6.07) is 11.8. The number of amides is 1. The van der Waals surface area contributed by atoms with Crippen LogP contribution < -0.4 is 5.32 Å². The van der Waals surface area contributed by atoms with Crippen LogP contribution in [0.15, 0.2) is 48.5 Å². The molecule has 0 unspecified atom stereocenters. The Hall–Kier alpha value is -2.91. The number of alkyl halides is 3. The minimum absolute atomic E-state index is 0.229. The molecule has 1 atom stereocenters. The lowest BCUT2D eigenvalue weighted by Crippen LogP contribution is -2.28. The molecular weight excluding hydrogens is 426 g/mol. The van der Waals surface area contributed by atoms with Crippen LogP contribution in [0.1, 0.15) is 12.5 Å². The van der Waals surface area contributed by atoms with Gasteiger partial charge in [-0.15, -0.1) is 5.10 Å². The fraction of sp³-hybridized carbons (Fsp3) is 0.200. The summed E-state index contributed by atoms with van der Waals surface area (Å²) in [4.78, 5) is 10.8. The smallest absolute Gasteiger partial charge is 0.364 e. The number of nitrogens with one attached hydrogen (secondary N) is 1. The second-order valence-electron chi connectivity index (χ2n) is 6.41. The van der Waals surface area contributed by atoms with E-state index in [1.165, 1.54) is 35.0 Å². The Kier molecular flexibility index (Phi) is 6.42. The van der Waals surface area contributed by atoms with Gasteiger partial charge < -0.3 is 10.1 Å². The molecule has 158 valence electrons. The van der Waals surface area contributed by atoms with Gasteiger partial charge in [-0.25, -0.2) is 9.07 Å². The number of hydrogen-bond donors (Lipinski definition) is 1. The Morgan fingerprint density at radius 3 is 2.53 bits per heavy atom. The van der Waals surface area contributed by atoms with Crippen molar-refractivity contribution in [2.75, 3.05) is 5.32 Å². The molecule has 30 heavy (non-hydrogen) atoms. The third-order valence-electron chi connectivity index (χ3n) is 4.20. The van der Waals surface area contributed by atoms with Crippen molar-refractivity contribution >= 4 is 23.8 Å². The fourth-order valence-electron chi connectivity index (χ4n) is 2.69. The van der Waals surface area contributed by atoms with E-state index in [0.29, 0.717) is 28.9 Å². The van der Waals surface area contributed by atoms with E-state index in [1.54, 1.807) is 18.2 Å². The topological polar surface area (TPSA) is 56.1 Å². The van der Waals surface area contributed by atoms with Gasteiger partial charge in [0.25, 0.3) is 0 Å². The molecule has 0 aliphatic rings. The number of rotatable bonds is 7. The van der Waals surface area contributed by atoms with Crippen LogP contribution in [0.25, 0.3) is 16.9 Å². The molecule has 0 bridgehead atoms. The molecule has 0 aliphatic heterocycles. The van der Waals surface area contributed by atoms with Gasteiger partial charge in [0.15, 0.2) is 11.9 Å². The average Bonchev–Trinajstić information content (AvgIpc) is 3.10. The summed E-state index contributed by atoms with van der Waals surface area (Å²) < 4.78 is 57.7. The summed E-state index contributed by atoms with van der Waals surface area (Å²) in [6.07, 6.45) is -5.96. The van der Waals surface area contributed by atoms with Crippen LogP contribution in [0, 0.1) is 5.82 Å². The first-order valence-corrected chi connectivity index (χ1v) is 9.09. The Morgan fingerprint density at radius 1 is 1.20 bits per heavy atom. The van der Waals surface area contributed by atoms with Crippen molar-refractivity contribution in [3.05, 3.63) is 64.9 Å². The molecule has 0 aliphatic carbocycles. The zero-order valence-electron chi connectivity index (χ0n) is 15.6. The molecule has 0 saturated carbocycles. The Labute approximate surface area is 174 Å². The molecule has 5 nitrogen and oxygen atoms in total. The van der Waals surface area contributed by atoms with Crippen LogP contribution in [0.5, 0.6) is 0 Å². The summed E-state index contributed by atoms with van der Waals surface area (Å²) in [5.41, 5.74) is 1.94. The number of hydrogen-bond acceptors (Lipinski definition) is 3. The molecule has 2 aromatic carbocycles. The molecule has 3 rings (SSSR count). The van der Waals surface area contributed by atoms with E-state index in [2.05, 4.69) is 10.4 Å². The van der Waals surface area contributed by atoms with Crippen molar-refractivity contribution in [1.82, 2.24) is 9.78 Å². The summed E-state index contributed by atoms with van der Waals surface area (Å²) >= 11 is 6.16. The van der Waals surface area contributed by atoms with E-state index < -0.39 is 18.1 Å². The number of aromatic nitrogens is 2. The summed E-state index contributed by atoms with van der Waals surface area (Å²) in [6.45, 7) is 0.616. The van der Waals surface area contributed by atoms with E-state index in [9.17, 15) is 22.4 Å². The summed E-state index contributed by atoms with van der Waals surface area (Å²) in [7, 11) is 0. The van der Waals surface area contributed by atoms with Crippen molar-refractivity contribution in [2.24, 2.45) is 0 Å².